The van der Waals surface area contributed by atoms with Crippen molar-refractivity contribution in [1.29, 1.82) is 0 Å². The number of fused-ring (bicyclic) bond motifs is 1. The van der Waals surface area contributed by atoms with Gasteiger partial charge in [-0.3, -0.25) is 0 Å². The minimum atomic E-state index is 0.224. The van der Waals surface area contributed by atoms with Crippen LogP contribution in [0.15, 0.2) is 18.2 Å². The highest BCUT2D eigenvalue weighted by Gasteiger charge is 2.07. The molecular formula is C10H13N3S. The van der Waals surface area contributed by atoms with Gasteiger partial charge in [-0.2, -0.15) is 8.75 Å². The highest BCUT2D eigenvalue weighted by Crippen LogP contribution is 2.17. The van der Waals surface area contributed by atoms with Gasteiger partial charge < -0.3 is 5.73 Å². The minimum absolute atomic E-state index is 0.224. The lowest BCUT2D eigenvalue weighted by Crippen LogP contribution is -2.21. The first-order valence-corrected chi connectivity index (χ1v) is 5.50. The van der Waals surface area contributed by atoms with Gasteiger partial charge in [-0.1, -0.05) is 19.1 Å². The highest BCUT2D eigenvalue weighted by molar-refractivity contribution is 7.00. The summed E-state index contributed by atoms with van der Waals surface area (Å²) < 4.78 is 8.48. The van der Waals surface area contributed by atoms with E-state index in [2.05, 4.69) is 21.7 Å². The molecule has 0 aliphatic heterocycles. The van der Waals surface area contributed by atoms with Gasteiger partial charge in [0.1, 0.15) is 11.0 Å². The van der Waals surface area contributed by atoms with Gasteiger partial charge in [0.2, 0.25) is 0 Å². The average Bonchev–Trinajstić information content (AvgIpc) is 2.66. The Balaban J connectivity index is 2.36. The maximum Gasteiger partial charge on any atom is 0.108 e. The first kappa shape index (κ1) is 9.55. The summed E-state index contributed by atoms with van der Waals surface area (Å²) in [5, 5.41) is 0. The van der Waals surface area contributed by atoms with Crippen LogP contribution in [0.3, 0.4) is 0 Å². The van der Waals surface area contributed by atoms with Crippen LogP contribution in [-0.2, 0) is 6.42 Å². The van der Waals surface area contributed by atoms with Crippen molar-refractivity contribution in [3.8, 4) is 0 Å². The Morgan fingerprint density at radius 2 is 2.29 bits per heavy atom. The lowest BCUT2D eigenvalue weighted by Gasteiger charge is -2.08. The minimum Gasteiger partial charge on any atom is -0.327 e. The molecule has 0 amide bonds. The number of nitrogens with two attached hydrogens (primary N) is 1. The molecule has 0 saturated carbocycles. The molecule has 0 aliphatic rings. The molecule has 1 atom stereocenters. The van der Waals surface area contributed by atoms with E-state index in [9.17, 15) is 0 Å². The summed E-state index contributed by atoms with van der Waals surface area (Å²) in [5.74, 6) is 0. The van der Waals surface area contributed by atoms with Crippen LogP contribution in [0.1, 0.15) is 18.9 Å². The average molecular weight is 207 g/mol. The molecule has 0 saturated heterocycles. The number of aromatic nitrogens is 2. The zero-order chi connectivity index (χ0) is 9.97. The Labute approximate surface area is 87.3 Å². The molecule has 2 rings (SSSR count). The fourth-order valence-corrected chi connectivity index (χ4v) is 2.02. The number of benzene rings is 1. The lowest BCUT2D eigenvalue weighted by molar-refractivity contribution is 0.648. The Bertz CT molecular complexity index is 424. The maximum atomic E-state index is 5.92. The molecule has 3 nitrogen and oxygen atoms in total. The first-order chi connectivity index (χ1) is 6.81. The van der Waals surface area contributed by atoms with Gasteiger partial charge in [0, 0.05) is 6.04 Å². The van der Waals surface area contributed by atoms with Crippen LogP contribution in [0.5, 0.6) is 0 Å². The van der Waals surface area contributed by atoms with Crippen LogP contribution in [0.25, 0.3) is 11.0 Å². The lowest BCUT2D eigenvalue weighted by atomic mass is 10.0. The zero-order valence-electron chi connectivity index (χ0n) is 8.10. The molecule has 2 aromatic rings. The largest absolute Gasteiger partial charge is 0.327 e. The van der Waals surface area contributed by atoms with Gasteiger partial charge in [0.25, 0.3) is 0 Å². The molecule has 14 heavy (non-hydrogen) atoms. The van der Waals surface area contributed by atoms with Gasteiger partial charge >= 0.3 is 0 Å². The predicted octanol–water partition coefficient (Wildman–Crippen LogP) is 1.97. The van der Waals surface area contributed by atoms with Crippen molar-refractivity contribution in [3.05, 3.63) is 23.8 Å². The summed E-state index contributed by atoms with van der Waals surface area (Å²) in [4.78, 5) is 0. The second-order valence-electron chi connectivity index (χ2n) is 3.42. The van der Waals surface area contributed by atoms with E-state index in [4.69, 9.17) is 5.73 Å². The smallest absolute Gasteiger partial charge is 0.108 e. The Kier molecular flexibility index (Phi) is 2.74. The van der Waals surface area contributed by atoms with Gasteiger partial charge in [-0.05, 0) is 24.5 Å². The Morgan fingerprint density at radius 3 is 3.07 bits per heavy atom. The number of nitrogens with zero attached hydrogens (tertiary/aromatic N) is 2. The maximum absolute atomic E-state index is 5.92. The van der Waals surface area contributed by atoms with Crippen LogP contribution < -0.4 is 5.73 Å². The third-order valence-corrected chi connectivity index (χ3v) is 2.92. The number of hydrogen-bond donors (Lipinski definition) is 1. The fourth-order valence-electron chi connectivity index (χ4n) is 1.45. The molecule has 4 heteroatoms. The van der Waals surface area contributed by atoms with Crippen molar-refractivity contribution < 1.29 is 0 Å². The summed E-state index contributed by atoms with van der Waals surface area (Å²) in [7, 11) is 0. The number of hydrogen-bond acceptors (Lipinski definition) is 4. The fraction of sp³-hybridized carbons (Fsp3) is 0.400. The summed E-state index contributed by atoms with van der Waals surface area (Å²) in [6.45, 7) is 2.10. The van der Waals surface area contributed by atoms with E-state index in [-0.39, 0.29) is 6.04 Å². The molecule has 1 unspecified atom stereocenters. The molecule has 0 fully saturated rings. The molecule has 0 bridgehead atoms. The van der Waals surface area contributed by atoms with Crippen molar-refractivity contribution >= 4 is 22.8 Å². The van der Waals surface area contributed by atoms with Gasteiger partial charge in [0.15, 0.2) is 0 Å². The monoisotopic (exact) mass is 207 g/mol. The van der Waals surface area contributed by atoms with Crippen molar-refractivity contribution in [2.24, 2.45) is 5.73 Å². The second-order valence-corrected chi connectivity index (χ2v) is 3.95. The van der Waals surface area contributed by atoms with Crippen LogP contribution in [0, 0.1) is 0 Å². The quantitative estimate of drug-likeness (QED) is 0.837. The van der Waals surface area contributed by atoms with Crippen molar-refractivity contribution in [1.82, 2.24) is 8.75 Å². The van der Waals surface area contributed by atoms with E-state index in [1.165, 1.54) is 17.3 Å². The molecule has 2 N–H and O–H groups in total. The normalized spacial score (nSPS) is 13.3. The third kappa shape index (κ3) is 1.76. The van der Waals surface area contributed by atoms with Crippen molar-refractivity contribution in [3.63, 3.8) is 0 Å². The molecule has 0 aliphatic carbocycles. The van der Waals surface area contributed by atoms with E-state index in [1.807, 2.05) is 12.1 Å². The van der Waals surface area contributed by atoms with Crippen molar-refractivity contribution in [2.75, 3.05) is 0 Å². The SMILES string of the molecule is CCC(N)Cc1cccc2nsnc12. The Morgan fingerprint density at radius 1 is 1.43 bits per heavy atom. The molecule has 74 valence electrons. The Hall–Kier alpha value is -1.00. The van der Waals surface area contributed by atoms with Crippen LogP contribution in [-0.4, -0.2) is 14.8 Å². The number of rotatable bonds is 3. The standard InChI is InChI=1S/C10H13N3S/c1-2-8(11)6-7-4-3-5-9-10(7)13-14-12-9/h3-5,8H,2,6,11H2,1H3. The predicted molar refractivity (Wildman–Crippen MR) is 59.4 cm³/mol. The second kappa shape index (κ2) is 4.02. The molecular weight excluding hydrogens is 194 g/mol. The summed E-state index contributed by atoms with van der Waals surface area (Å²) in [6, 6.07) is 6.31. The van der Waals surface area contributed by atoms with E-state index in [0.717, 1.165) is 23.9 Å². The van der Waals surface area contributed by atoms with Crippen LogP contribution >= 0.6 is 11.7 Å². The van der Waals surface area contributed by atoms with Crippen LogP contribution in [0.4, 0.5) is 0 Å². The van der Waals surface area contributed by atoms with Gasteiger partial charge in [0.05, 0.1) is 11.7 Å². The van der Waals surface area contributed by atoms with E-state index < -0.39 is 0 Å². The molecule has 1 aromatic carbocycles. The summed E-state index contributed by atoms with van der Waals surface area (Å²) in [5.41, 5.74) is 9.13. The zero-order valence-corrected chi connectivity index (χ0v) is 8.92. The van der Waals surface area contributed by atoms with Crippen LogP contribution in [0.2, 0.25) is 0 Å². The first-order valence-electron chi connectivity index (χ1n) is 4.77. The highest BCUT2D eigenvalue weighted by atomic mass is 32.1. The van der Waals surface area contributed by atoms with Crippen molar-refractivity contribution in [2.45, 2.75) is 25.8 Å². The van der Waals surface area contributed by atoms with E-state index in [0.29, 0.717) is 0 Å². The summed E-state index contributed by atoms with van der Waals surface area (Å²) in [6.07, 6.45) is 1.88. The van der Waals surface area contributed by atoms with E-state index in [1.54, 1.807) is 0 Å². The van der Waals surface area contributed by atoms with E-state index >= 15 is 0 Å². The molecule has 0 spiro atoms. The third-order valence-electron chi connectivity index (χ3n) is 2.38. The topological polar surface area (TPSA) is 51.8 Å². The van der Waals surface area contributed by atoms with Gasteiger partial charge in [-0.15, -0.1) is 0 Å². The molecule has 1 aromatic heterocycles. The molecule has 0 radical (unpaired) electrons. The summed E-state index contributed by atoms with van der Waals surface area (Å²) >= 11 is 1.26. The van der Waals surface area contributed by atoms with Gasteiger partial charge in [-0.25, -0.2) is 0 Å². The molecule has 1 heterocycles.